The van der Waals surface area contributed by atoms with Crippen molar-refractivity contribution in [2.75, 3.05) is 51.0 Å². The van der Waals surface area contributed by atoms with Gasteiger partial charge in [-0.1, -0.05) is 18.2 Å². The summed E-state index contributed by atoms with van der Waals surface area (Å²) >= 11 is 0. The van der Waals surface area contributed by atoms with Gasteiger partial charge in [-0.3, -0.25) is 9.59 Å². The topological polar surface area (TPSA) is 79.9 Å². The molecular formula is C31H35N3O4. The molecule has 1 saturated heterocycles. The lowest BCUT2D eigenvalue weighted by Crippen LogP contribution is -2.22. The summed E-state index contributed by atoms with van der Waals surface area (Å²) in [5.74, 6) is 1.05. The molecule has 1 fully saturated rings. The maximum absolute atomic E-state index is 13.1. The van der Waals surface area contributed by atoms with Gasteiger partial charge < -0.3 is 25.0 Å². The smallest absolute Gasteiger partial charge is 0.255 e. The van der Waals surface area contributed by atoms with Crippen LogP contribution in [0, 0.1) is 0 Å². The van der Waals surface area contributed by atoms with Gasteiger partial charge in [0.15, 0.2) is 17.3 Å². The van der Waals surface area contributed by atoms with E-state index >= 15 is 0 Å². The molecule has 2 aliphatic rings. The molecule has 2 N–H and O–H groups in total. The van der Waals surface area contributed by atoms with E-state index in [0.717, 1.165) is 41.9 Å². The zero-order valence-electron chi connectivity index (χ0n) is 22.1. The van der Waals surface area contributed by atoms with Crippen LogP contribution < -0.4 is 20.1 Å². The molecule has 0 unspecified atom stereocenters. The zero-order valence-corrected chi connectivity index (χ0v) is 22.1. The zero-order chi connectivity index (χ0) is 26.5. The Morgan fingerprint density at radius 1 is 0.921 bits per heavy atom. The quantitative estimate of drug-likeness (QED) is 0.341. The first-order chi connectivity index (χ1) is 18.6. The molecule has 1 heterocycles. The first kappa shape index (κ1) is 25.8. The molecule has 1 aliphatic carbocycles. The number of fused-ring (bicyclic) bond motifs is 1. The molecule has 0 bridgehead atoms. The van der Waals surface area contributed by atoms with Crippen molar-refractivity contribution in [3.63, 3.8) is 0 Å². The molecule has 7 heteroatoms. The molecule has 198 valence electrons. The maximum atomic E-state index is 13.1. The van der Waals surface area contributed by atoms with Crippen LogP contribution in [0.25, 0.3) is 11.1 Å². The summed E-state index contributed by atoms with van der Waals surface area (Å²) in [6, 6.07) is 17.0. The average molecular weight is 514 g/mol. The molecule has 5 rings (SSSR count). The first-order valence-electron chi connectivity index (χ1n) is 13.4. The highest BCUT2D eigenvalue weighted by molar-refractivity contribution is 6.12. The highest BCUT2D eigenvalue weighted by Gasteiger charge is 2.28. The van der Waals surface area contributed by atoms with Crippen molar-refractivity contribution < 1.29 is 19.1 Å². The number of rotatable bonds is 10. The van der Waals surface area contributed by atoms with Gasteiger partial charge in [-0.2, -0.15) is 0 Å². The van der Waals surface area contributed by atoms with Gasteiger partial charge in [0.1, 0.15) is 0 Å². The summed E-state index contributed by atoms with van der Waals surface area (Å²) in [5, 5.41) is 6.42. The number of amides is 1. The summed E-state index contributed by atoms with van der Waals surface area (Å²) in [6.07, 6.45) is 4.76. The maximum Gasteiger partial charge on any atom is 0.255 e. The van der Waals surface area contributed by atoms with Crippen LogP contribution >= 0.6 is 0 Å². The number of ketones is 1. The standard InChI is InChI=1S/C31H35N3O4/c1-37-28-8-5-7-25(30(28)38-2)23-13-15-26(29-24(23)14-16-27(29)35)33-31(36)21-9-11-22(12-10-21)32-17-6-20-34-18-3-4-19-34/h5,7-13,15,32H,3-4,6,14,16-20H2,1-2H3,(H,33,36). The molecule has 1 amide bonds. The summed E-state index contributed by atoms with van der Waals surface area (Å²) in [4.78, 5) is 28.5. The average Bonchev–Trinajstić information content (AvgIpc) is 3.61. The van der Waals surface area contributed by atoms with E-state index in [1.165, 1.54) is 25.9 Å². The number of nitrogens with one attached hydrogen (secondary N) is 2. The van der Waals surface area contributed by atoms with E-state index in [1.807, 2.05) is 54.6 Å². The Labute approximate surface area is 224 Å². The SMILES string of the molecule is COc1cccc(-c2ccc(NC(=O)c3ccc(NCCCN4CCCC4)cc3)c3c2CCC3=O)c1OC. The molecule has 38 heavy (non-hydrogen) atoms. The fraction of sp³-hybridized carbons (Fsp3) is 0.355. The third-order valence-corrected chi connectivity index (χ3v) is 7.46. The monoisotopic (exact) mass is 513 g/mol. The number of para-hydroxylation sites is 1. The normalized spacial score (nSPS) is 14.8. The Bertz CT molecular complexity index is 1310. The Kier molecular flexibility index (Phi) is 7.94. The number of ether oxygens (including phenoxy) is 2. The fourth-order valence-corrected chi connectivity index (χ4v) is 5.52. The molecule has 0 spiro atoms. The van der Waals surface area contributed by atoms with Crippen molar-refractivity contribution in [2.24, 2.45) is 0 Å². The number of carbonyl (C=O) groups is 2. The predicted molar refractivity (Wildman–Crippen MR) is 151 cm³/mol. The van der Waals surface area contributed by atoms with Gasteiger partial charge in [-0.15, -0.1) is 0 Å². The minimum Gasteiger partial charge on any atom is -0.493 e. The molecule has 0 atom stereocenters. The number of Topliss-reactive ketones (excluding diaryl/α,β-unsaturated/α-hetero) is 1. The molecule has 0 saturated carbocycles. The summed E-state index contributed by atoms with van der Waals surface area (Å²) < 4.78 is 11.1. The number of methoxy groups -OCH3 is 2. The number of nitrogens with zero attached hydrogens (tertiary/aromatic N) is 1. The lowest BCUT2D eigenvalue weighted by atomic mass is 9.94. The first-order valence-corrected chi connectivity index (χ1v) is 13.4. The minimum absolute atomic E-state index is 0.0347. The van der Waals surface area contributed by atoms with E-state index in [4.69, 9.17) is 9.47 Å². The van der Waals surface area contributed by atoms with Crippen molar-refractivity contribution in [1.82, 2.24) is 4.90 Å². The number of benzene rings is 3. The molecule has 0 aromatic heterocycles. The van der Waals surface area contributed by atoms with Crippen LogP contribution in [0.5, 0.6) is 11.5 Å². The molecular weight excluding hydrogens is 478 g/mol. The number of hydrogen-bond donors (Lipinski definition) is 2. The van der Waals surface area contributed by atoms with Gasteiger partial charge >= 0.3 is 0 Å². The Hall–Kier alpha value is -3.84. The van der Waals surface area contributed by atoms with Crippen LogP contribution in [0.4, 0.5) is 11.4 Å². The van der Waals surface area contributed by atoms with E-state index in [-0.39, 0.29) is 11.7 Å². The fourth-order valence-electron chi connectivity index (χ4n) is 5.52. The van der Waals surface area contributed by atoms with Gasteiger partial charge in [0.25, 0.3) is 5.91 Å². The molecule has 3 aromatic rings. The largest absolute Gasteiger partial charge is 0.493 e. The number of anilines is 2. The molecule has 1 aliphatic heterocycles. The van der Waals surface area contributed by atoms with E-state index in [1.54, 1.807) is 14.2 Å². The number of likely N-dealkylation sites (tertiary alicyclic amines) is 1. The highest BCUT2D eigenvalue weighted by atomic mass is 16.5. The third kappa shape index (κ3) is 5.38. The van der Waals surface area contributed by atoms with Crippen molar-refractivity contribution >= 4 is 23.1 Å². The van der Waals surface area contributed by atoms with E-state index in [9.17, 15) is 9.59 Å². The molecule has 7 nitrogen and oxygen atoms in total. The minimum atomic E-state index is -0.237. The Morgan fingerprint density at radius 2 is 1.71 bits per heavy atom. The predicted octanol–water partition coefficient (Wildman–Crippen LogP) is 5.65. The van der Waals surface area contributed by atoms with Crippen LogP contribution in [0.1, 0.15) is 52.0 Å². The van der Waals surface area contributed by atoms with Crippen molar-refractivity contribution in [1.29, 1.82) is 0 Å². The van der Waals surface area contributed by atoms with E-state index in [0.29, 0.717) is 41.2 Å². The molecule has 3 aromatic carbocycles. The van der Waals surface area contributed by atoms with Crippen LogP contribution in [0.2, 0.25) is 0 Å². The number of carbonyl (C=O) groups excluding carboxylic acids is 2. The summed E-state index contributed by atoms with van der Waals surface area (Å²) in [6.45, 7) is 4.47. The van der Waals surface area contributed by atoms with Crippen LogP contribution in [0.3, 0.4) is 0 Å². The van der Waals surface area contributed by atoms with Gasteiger partial charge in [0, 0.05) is 35.3 Å². The van der Waals surface area contributed by atoms with Crippen LogP contribution in [-0.4, -0.2) is 57.0 Å². The summed E-state index contributed by atoms with van der Waals surface area (Å²) in [7, 11) is 3.21. The Morgan fingerprint density at radius 3 is 2.45 bits per heavy atom. The van der Waals surface area contributed by atoms with Gasteiger partial charge in [-0.25, -0.2) is 0 Å². The van der Waals surface area contributed by atoms with Crippen molar-refractivity contribution in [3.05, 3.63) is 71.3 Å². The molecule has 0 radical (unpaired) electrons. The van der Waals surface area contributed by atoms with E-state index < -0.39 is 0 Å². The number of hydrogen-bond acceptors (Lipinski definition) is 6. The lowest BCUT2D eigenvalue weighted by Gasteiger charge is -2.17. The van der Waals surface area contributed by atoms with E-state index in [2.05, 4.69) is 15.5 Å². The second-order valence-corrected chi connectivity index (χ2v) is 9.84. The van der Waals surface area contributed by atoms with Gasteiger partial charge in [-0.05, 0) is 92.8 Å². The second-order valence-electron chi connectivity index (χ2n) is 9.84. The van der Waals surface area contributed by atoms with Gasteiger partial charge in [0.2, 0.25) is 0 Å². The van der Waals surface area contributed by atoms with Crippen LogP contribution in [-0.2, 0) is 6.42 Å². The second kappa shape index (κ2) is 11.7. The van der Waals surface area contributed by atoms with Crippen molar-refractivity contribution in [3.8, 4) is 22.6 Å². The third-order valence-electron chi connectivity index (χ3n) is 7.46. The lowest BCUT2D eigenvalue weighted by molar-refractivity contribution is 0.0995. The van der Waals surface area contributed by atoms with Crippen molar-refractivity contribution in [2.45, 2.75) is 32.1 Å². The summed E-state index contributed by atoms with van der Waals surface area (Å²) in [5.41, 5.74) is 5.37. The van der Waals surface area contributed by atoms with Crippen LogP contribution in [0.15, 0.2) is 54.6 Å². The Balaban J connectivity index is 1.29. The van der Waals surface area contributed by atoms with Gasteiger partial charge in [0.05, 0.1) is 19.9 Å². The highest BCUT2D eigenvalue weighted by Crippen LogP contribution is 2.43.